The quantitative estimate of drug-likeness (QED) is 0.815. The zero-order chi connectivity index (χ0) is 16.1. The monoisotopic (exact) mass is 311 g/mol. The van der Waals surface area contributed by atoms with Crippen LogP contribution in [0.5, 0.6) is 0 Å². The third kappa shape index (κ3) is 2.14. The van der Waals surface area contributed by atoms with Crippen LogP contribution in [0.1, 0.15) is 56.3 Å². The summed E-state index contributed by atoms with van der Waals surface area (Å²) in [5.41, 5.74) is 0.439. The van der Waals surface area contributed by atoms with E-state index in [1.165, 1.54) is 18.2 Å². The molecule has 0 bridgehead atoms. The van der Waals surface area contributed by atoms with Gasteiger partial charge < -0.3 is 9.25 Å². The molecule has 1 aromatic heterocycles. The number of rotatable bonds is 3. The van der Waals surface area contributed by atoms with Crippen LogP contribution in [0, 0.1) is 5.92 Å². The summed E-state index contributed by atoms with van der Waals surface area (Å²) in [4.78, 5) is 41.3. The summed E-state index contributed by atoms with van der Waals surface area (Å²) in [6.45, 7) is 2.10. The molecule has 2 aliphatic rings. The maximum atomic E-state index is 12.1. The number of hydrogen-bond donors (Lipinski definition) is 0. The molecule has 4 rings (SSSR count). The van der Waals surface area contributed by atoms with Crippen molar-refractivity contribution in [2.45, 2.75) is 19.3 Å². The lowest BCUT2D eigenvalue weighted by atomic mass is 10.1. The van der Waals surface area contributed by atoms with Gasteiger partial charge in [0.25, 0.3) is 11.8 Å². The van der Waals surface area contributed by atoms with E-state index in [1.807, 2.05) is 0 Å². The van der Waals surface area contributed by atoms with Crippen LogP contribution in [-0.2, 0) is 4.84 Å². The molecule has 1 aliphatic carbocycles. The van der Waals surface area contributed by atoms with E-state index in [2.05, 4.69) is 6.92 Å². The van der Waals surface area contributed by atoms with Crippen LogP contribution >= 0.6 is 0 Å². The number of benzene rings is 1. The molecule has 2 unspecified atom stereocenters. The molecule has 1 aliphatic heterocycles. The highest BCUT2D eigenvalue weighted by molar-refractivity contribution is 6.21. The van der Waals surface area contributed by atoms with Crippen molar-refractivity contribution < 1.29 is 23.6 Å². The van der Waals surface area contributed by atoms with Crippen molar-refractivity contribution in [3.8, 4) is 0 Å². The van der Waals surface area contributed by atoms with Crippen molar-refractivity contribution >= 4 is 17.8 Å². The first-order valence-electron chi connectivity index (χ1n) is 7.36. The minimum absolute atomic E-state index is 0.0179. The largest absolute Gasteiger partial charge is 0.454 e. The second kappa shape index (κ2) is 4.81. The van der Waals surface area contributed by atoms with E-state index in [-0.39, 0.29) is 16.9 Å². The topological polar surface area (TPSA) is 76.8 Å². The Morgan fingerprint density at radius 2 is 1.74 bits per heavy atom. The van der Waals surface area contributed by atoms with Gasteiger partial charge >= 0.3 is 5.97 Å². The second-order valence-electron chi connectivity index (χ2n) is 5.85. The number of amides is 2. The van der Waals surface area contributed by atoms with Gasteiger partial charge in [-0.3, -0.25) is 9.59 Å². The third-order valence-corrected chi connectivity index (χ3v) is 4.23. The molecule has 2 aromatic rings. The van der Waals surface area contributed by atoms with Crippen LogP contribution in [0.3, 0.4) is 0 Å². The van der Waals surface area contributed by atoms with Crippen molar-refractivity contribution in [1.29, 1.82) is 0 Å². The highest BCUT2D eigenvalue weighted by Crippen LogP contribution is 2.47. The molecular formula is C17H13NO5. The third-order valence-electron chi connectivity index (χ3n) is 4.23. The zero-order valence-corrected chi connectivity index (χ0v) is 12.3. The number of imide groups is 1. The molecule has 0 N–H and O–H groups in total. The smallest absolute Gasteiger partial charge is 0.399 e. The van der Waals surface area contributed by atoms with E-state index in [1.54, 1.807) is 18.2 Å². The standard InChI is InChI=1S/C17H13NO5/c1-9-8-12(9)13-6-7-14(22-13)17(21)23-18-15(19)10-4-2-3-5-11(10)16(18)20/h2-7,9,12H,8H2,1H3. The summed E-state index contributed by atoms with van der Waals surface area (Å²) < 4.78 is 5.47. The number of fused-ring (bicyclic) bond motifs is 1. The van der Waals surface area contributed by atoms with Gasteiger partial charge in [0.05, 0.1) is 11.1 Å². The van der Waals surface area contributed by atoms with E-state index in [4.69, 9.17) is 9.25 Å². The van der Waals surface area contributed by atoms with Crippen molar-refractivity contribution in [2.24, 2.45) is 5.92 Å². The van der Waals surface area contributed by atoms with Crippen LogP contribution in [0.4, 0.5) is 0 Å². The molecule has 0 saturated heterocycles. The highest BCUT2D eigenvalue weighted by atomic mass is 16.7. The first-order valence-corrected chi connectivity index (χ1v) is 7.36. The summed E-state index contributed by atoms with van der Waals surface area (Å²) in [5.74, 6) is -0.582. The Bertz CT molecular complexity index is 802. The van der Waals surface area contributed by atoms with Crippen LogP contribution in [0.2, 0.25) is 0 Å². The molecule has 2 heterocycles. The van der Waals surface area contributed by atoms with E-state index in [9.17, 15) is 14.4 Å². The SMILES string of the molecule is CC1CC1c1ccc(C(=O)ON2C(=O)c3ccccc3C2=O)o1. The first kappa shape index (κ1) is 13.8. The maximum Gasteiger partial charge on any atom is 0.399 e. The minimum Gasteiger partial charge on any atom is -0.454 e. The molecule has 0 radical (unpaired) electrons. The summed E-state index contributed by atoms with van der Waals surface area (Å²) in [6, 6.07) is 9.55. The number of nitrogens with zero attached hydrogens (tertiary/aromatic N) is 1. The van der Waals surface area contributed by atoms with E-state index >= 15 is 0 Å². The first-order chi connectivity index (χ1) is 11.1. The van der Waals surface area contributed by atoms with Gasteiger partial charge in [-0.1, -0.05) is 24.1 Å². The lowest BCUT2D eigenvalue weighted by Crippen LogP contribution is -2.32. The van der Waals surface area contributed by atoms with E-state index in [0.29, 0.717) is 16.9 Å². The molecule has 23 heavy (non-hydrogen) atoms. The Kier molecular flexibility index (Phi) is 2.87. The molecule has 116 valence electrons. The summed E-state index contributed by atoms with van der Waals surface area (Å²) in [7, 11) is 0. The Hall–Kier alpha value is -2.89. The predicted molar refractivity (Wildman–Crippen MR) is 77.6 cm³/mol. The fourth-order valence-electron chi connectivity index (χ4n) is 2.76. The Balaban J connectivity index is 1.52. The summed E-state index contributed by atoms with van der Waals surface area (Å²) >= 11 is 0. The second-order valence-corrected chi connectivity index (χ2v) is 5.85. The van der Waals surface area contributed by atoms with Crippen LogP contribution in [-0.4, -0.2) is 22.8 Å². The lowest BCUT2D eigenvalue weighted by molar-refractivity contribution is -0.0603. The normalized spacial score (nSPS) is 22.2. The number of hydrogen-bond acceptors (Lipinski definition) is 5. The van der Waals surface area contributed by atoms with Crippen LogP contribution in [0.25, 0.3) is 0 Å². The molecule has 2 amide bonds. The molecule has 0 spiro atoms. The van der Waals surface area contributed by atoms with Crippen LogP contribution < -0.4 is 0 Å². The lowest BCUT2D eigenvalue weighted by Gasteiger charge is -2.11. The zero-order valence-electron chi connectivity index (χ0n) is 12.3. The average Bonchev–Trinajstić information content (AvgIpc) is 3.00. The molecule has 1 saturated carbocycles. The van der Waals surface area contributed by atoms with Crippen molar-refractivity contribution in [3.63, 3.8) is 0 Å². The predicted octanol–water partition coefficient (Wildman–Crippen LogP) is 2.77. The van der Waals surface area contributed by atoms with Gasteiger partial charge in [0.2, 0.25) is 5.76 Å². The van der Waals surface area contributed by atoms with Gasteiger partial charge in [0, 0.05) is 5.92 Å². The number of hydroxylamine groups is 2. The Morgan fingerprint density at radius 3 is 2.30 bits per heavy atom. The van der Waals surface area contributed by atoms with Crippen LogP contribution in [0.15, 0.2) is 40.8 Å². The van der Waals surface area contributed by atoms with Gasteiger partial charge in [-0.05, 0) is 36.6 Å². The van der Waals surface area contributed by atoms with Gasteiger partial charge in [0.1, 0.15) is 5.76 Å². The molecule has 6 heteroatoms. The van der Waals surface area contributed by atoms with Gasteiger partial charge in [0.15, 0.2) is 0 Å². The minimum atomic E-state index is -0.862. The number of carbonyl (C=O) groups excluding carboxylic acids is 3. The number of carbonyl (C=O) groups is 3. The maximum absolute atomic E-state index is 12.1. The molecule has 6 nitrogen and oxygen atoms in total. The fraction of sp³-hybridized carbons (Fsp3) is 0.235. The van der Waals surface area contributed by atoms with Crippen molar-refractivity contribution in [2.75, 3.05) is 0 Å². The fourth-order valence-corrected chi connectivity index (χ4v) is 2.76. The number of furan rings is 1. The highest BCUT2D eigenvalue weighted by Gasteiger charge is 2.40. The summed E-state index contributed by atoms with van der Waals surface area (Å²) in [5, 5.41) is 0.481. The van der Waals surface area contributed by atoms with Gasteiger partial charge in [-0.15, -0.1) is 0 Å². The van der Waals surface area contributed by atoms with E-state index < -0.39 is 17.8 Å². The summed E-state index contributed by atoms with van der Waals surface area (Å²) in [6.07, 6.45) is 1.03. The van der Waals surface area contributed by atoms with Gasteiger partial charge in [-0.2, -0.15) is 0 Å². The van der Waals surface area contributed by atoms with Gasteiger partial charge in [-0.25, -0.2) is 4.79 Å². The Labute approximate surface area is 131 Å². The van der Waals surface area contributed by atoms with E-state index in [0.717, 1.165) is 12.2 Å². The average molecular weight is 311 g/mol. The Morgan fingerprint density at radius 1 is 1.13 bits per heavy atom. The van der Waals surface area contributed by atoms with Crippen molar-refractivity contribution in [1.82, 2.24) is 5.06 Å². The molecule has 1 fully saturated rings. The molecule has 2 atom stereocenters. The molecular weight excluding hydrogens is 298 g/mol. The molecule has 1 aromatic carbocycles. The van der Waals surface area contributed by atoms with Crippen molar-refractivity contribution in [3.05, 3.63) is 59.0 Å².